The van der Waals surface area contributed by atoms with Gasteiger partial charge in [0.15, 0.2) is 0 Å². The van der Waals surface area contributed by atoms with Crippen molar-refractivity contribution in [2.24, 2.45) is 0 Å². The minimum absolute atomic E-state index is 0.545. The highest BCUT2D eigenvalue weighted by molar-refractivity contribution is 7.79. The molecule has 0 bridgehead atoms. The van der Waals surface area contributed by atoms with E-state index in [0.29, 0.717) is 12.0 Å². The molecule has 0 spiro atoms. The van der Waals surface area contributed by atoms with Gasteiger partial charge >= 0.3 is 0 Å². The second-order valence-electron chi connectivity index (χ2n) is 1.60. The van der Waals surface area contributed by atoms with Crippen LogP contribution < -0.4 is 0 Å². The smallest absolute Gasteiger partial charge is 0.102 e. The van der Waals surface area contributed by atoms with Crippen molar-refractivity contribution in [3.63, 3.8) is 0 Å². The second kappa shape index (κ2) is 3.40. The van der Waals surface area contributed by atoms with Gasteiger partial charge in [-0.25, -0.2) is 0 Å². The van der Waals surface area contributed by atoms with Crippen molar-refractivity contribution in [1.29, 1.82) is 5.26 Å². The van der Waals surface area contributed by atoms with Crippen molar-refractivity contribution in [3.05, 3.63) is 16.6 Å². The quantitative estimate of drug-likeness (QED) is 0.625. The molecule has 0 amide bonds. The summed E-state index contributed by atoms with van der Waals surface area (Å²) in [5.41, 5.74) is 0.613. The van der Waals surface area contributed by atoms with E-state index in [0.717, 1.165) is 4.88 Å². The molecule has 1 heterocycles. The highest BCUT2D eigenvalue weighted by atomic mass is 32.1. The minimum Gasteiger partial charge on any atom is -0.199 e. The van der Waals surface area contributed by atoms with Crippen LogP contribution in [0.15, 0.2) is 6.20 Å². The van der Waals surface area contributed by atoms with Gasteiger partial charge in [0.05, 0.1) is 11.8 Å². The summed E-state index contributed by atoms with van der Waals surface area (Å²) in [4.78, 5) is 0.900. The molecule has 10 heavy (non-hydrogen) atoms. The predicted octanol–water partition coefficient (Wildman–Crippen LogP) is 1.43. The van der Waals surface area contributed by atoms with Gasteiger partial charge in [0.25, 0.3) is 0 Å². The number of rotatable bonds is 2. The zero-order valence-electron chi connectivity index (χ0n) is 5.00. The Morgan fingerprint density at radius 3 is 3.20 bits per heavy atom. The summed E-state index contributed by atoms with van der Waals surface area (Å²) in [5.74, 6) is 0. The van der Waals surface area contributed by atoms with Gasteiger partial charge in [-0.1, -0.05) is 12.2 Å². The summed E-state index contributed by atoms with van der Waals surface area (Å²) in [5, 5.41) is 11.0. The molecule has 0 aromatic carbocycles. The Morgan fingerprint density at radius 1 is 1.80 bits per heavy atom. The first kappa shape index (κ1) is 7.32. The normalized spacial score (nSPS) is 8.70. The number of nitrogens with zero attached hydrogens (tertiary/aromatic N) is 2. The van der Waals surface area contributed by atoms with E-state index in [9.17, 15) is 0 Å². The Morgan fingerprint density at radius 2 is 2.60 bits per heavy atom. The number of nitriles is 1. The fraction of sp³-hybridized carbons (Fsp3) is 0.167. The van der Waals surface area contributed by atoms with Gasteiger partial charge in [-0.2, -0.15) is 9.64 Å². The zero-order chi connectivity index (χ0) is 7.40. The highest BCUT2D eigenvalue weighted by Crippen LogP contribution is 2.11. The van der Waals surface area contributed by atoms with Crippen LogP contribution in [-0.4, -0.2) is 9.74 Å². The van der Waals surface area contributed by atoms with E-state index in [1.54, 1.807) is 6.20 Å². The van der Waals surface area contributed by atoms with Gasteiger partial charge in [0, 0.05) is 16.7 Å². The van der Waals surface area contributed by atoms with Crippen LogP contribution in [0, 0.1) is 11.3 Å². The Labute approximate surface area is 68.3 Å². The predicted molar refractivity (Wildman–Crippen MR) is 43.1 cm³/mol. The van der Waals surface area contributed by atoms with Crippen molar-refractivity contribution in [3.8, 4) is 6.07 Å². The highest BCUT2D eigenvalue weighted by Gasteiger charge is 2.01. The van der Waals surface area contributed by atoms with Crippen LogP contribution in [0.1, 0.15) is 10.4 Å². The van der Waals surface area contributed by atoms with Crippen molar-refractivity contribution in [1.82, 2.24) is 4.37 Å². The molecule has 0 aliphatic rings. The Kier molecular flexibility index (Phi) is 2.49. The molecule has 0 atom stereocenters. The molecule has 1 aromatic heterocycles. The van der Waals surface area contributed by atoms with Gasteiger partial charge in [-0.3, -0.25) is 0 Å². The number of thiocarbonyl (C=S) groups is 1. The van der Waals surface area contributed by atoms with Gasteiger partial charge in [-0.05, 0) is 11.5 Å². The van der Waals surface area contributed by atoms with E-state index in [4.69, 9.17) is 5.26 Å². The first-order chi connectivity index (χ1) is 4.88. The molecule has 0 fully saturated rings. The lowest BCUT2D eigenvalue weighted by Gasteiger charge is -1.83. The van der Waals surface area contributed by atoms with E-state index < -0.39 is 0 Å². The standard InChI is InChI=1S/C6H3N2S2/c7-3-5-4-8-10-6(5)1-2-9/h4H,1H2. The van der Waals surface area contributed by atoms with Gasteiger partial charge in [0.2, 0.25) is 0 Å². The van der Waals surface area contributed by atoms with Crippen LogP contribution in [0.2, 0.25) is 0 Å². The van der Waals surface area contributed by atoms with E-state index in [1.807, 2.05) is 6.07 Å². The molecule has 0 saturated carbocycles. The molecular formula is C6H3N2S2. The van der Waals surface area contributed by atoms with Crippen LogP contribution in [-0.2, 0) is 6.42 Å². The largest absolute Gasteiger partial charge is 0.199 e. The summed E-state index contributed by atoms with van der Waals surface area (Å²) in [7, 11) is 0. The minimum atomic E-state index is 0.545. The Hall–Kier alpha value is -0.790. The van der Waals surface area contributed by atoms with Crippen molar-refractivity contribution in [2.75, 3.05) is 0 Å². The van der Waals surface area contributed by atoms with Gasteiger partial charge < -0.3 is 0 Å². The molecule has 0 N–H and O–H groups in total. The maximum absolute atomic E-state index is 8.49. The average Bonchev–Trinajstić information content (AvgIpc) is 2.36. The summed E-state index contributed by atoms with van der Waals surface area (Å²) < 4.78 is 3.84. The van der Waals surface area contributed by atoms with Gasteiger partial charge in [0.1, 0.15) is 6.07 Å². The molecular weight excluding hydrogens is 164 g/mol. The average molecular weight is 167 g/mol. The molecule has 0 unspecified atom stereocenters. The lowest BCUT2D eigenvalue weighted by Crippen LogP contribution is -1.81. The zero-order valence-corrected chi connectivity index (χ0v) is 6.63. The lowest BCUT2D eigenvalue weighted by atomic mass is 10.2. The first-order valence-electron chi connectivity index (χ1n) is 2.57. The Bertz CT molecular complexity index is 272. The van der Waals surface area contributed by atoms with Crippen LogP contribution >= 0.6 is 23.8 Å². The molecule has 0 aliphatic heterocycles. The van der Waals surface area contributed by atoms with Gasteiger partial charge in [-0.15, -0.1) is 0 Å². The van der Waals surface area contributed by atoms with E-state index in [2.05, 4.69) is 22.0 Å². The molecule has 1 rings (SSSR count). The molecule has 49 valence electrons. The maximum Gasteiger partial charge on any atom is 0.102 e. The van der Waals surface area contributed by atoms with E-state index in [-0.39, 0.29) is 0 Å². The molecule has 1 radical (unpaired) electrons. The first-order valence-corrected chi connectivity index (χ1v) is 3.75. The SMILES string of the molecule is N#Cc1cnsc1C[C]=S. The molecule has 0 saturated heterocycles. The number of hydrogen-bond donors (Lipinski definition) is 0. The number of aromatic nitrogens is 1. The van der Waals surface area contributed by atoms with Crippen molar-refractivity contribution >= 4 is 29.1 Å². The summed E-state index contributed by atoms with van der Waals surface area (Å²) >= 11 is 5.82. The third-order valence-electron chi connectivity index (χ3n) is 0.998. The van der Waals surface area contributed by atoms with E-state index >= 15 is 0 Å². The van der Waals surface area contributed by atoms with E-state index in [1.165, 1.54) is 11.5 Å². The summed E-state index contributed by atoms with van der Waals surface area (Å²) in [6.45, 7) is 0. The van der Waals surface area contributed by atoms with Crippen LogP contribution in [0.5, 0.6) is 0 Å². The fourth-order valence-corrected chi connectivity index (χ4v) is 1.40. The molecule has 1 aromatic rings. The Balaban J connectivity index is 2.92. The van der Waals surface area contributed by atoms with Crippen LogP contribution in [0.4, 0.5) is 0 Å². The molecule has 2 nitrogen and oxygen atoms in total. The molecule has 4 heteroatoms. The third-order valence-corrected chi connectivity index (χ3v) is 1.94. The monoisotopic (exact) mass is 167 g/mol. The van der Waals surface area contributed by atoms with Crippen LogP contribution in [0.3, 0.4) is 0 Å². The summed E-state index contributed by atoms with van der Waals surface area (Å²) in [6.07, 6.45) is 2.09. The molecule has 0 aliphatic carbocycles. The van der Waals surface area contributed by atoms with Crippen LogP contribution in [0.25, 0.3) is 0 Å². The summed E-state index contributed by atoms with van der Waals surface area (Å²) in [6, 6.07) is 2.02. The topological polar surface area (TPSA) is 36.7 Å². The van der Waals surface area contributed by atoms with Crippen molar-refractivity contribution in [2.45, 2.75) is 6.42 Å². The lowest BCUT2D eigenvalue weighted by molar-refractivity contribution is 1.41. The second-order valence-corrected chi connectivity index (χ2v) is 2.77. The fourth-order valence-electron chi connectivity index (χ4n) is 0.548. The van der Waals surface area contributed by atoms with Crippen molar-refractivity contribution < 1.29 is 0 Å². The third kappa shape index (κ3) is 1.38. The number of hydrogen-bond acceptors (Lipinski definition) is 4. The maximum atomic E-state index is 8.49.